The molecule has 1 N–H and O–H groups in total. The number of hydrogen-bond acceptors (Lipinski definition) is 2. The first kappa shape index (κ1) is 22.9. The molecular formula is C19H20ClF5NOSTl. The summed E-state index contributed by atoms with van der Waals surface area (Å²) in [6.45, 7) is 1.62. The number of benzene rings is 2. The Kier molecular flexibility index (Phi) is 6.38. The van der Waals surface area contributed by atoms with Crippen LogP contribution in [0.1, 0.15) is 12.5 Å². The van der Waals surface area contributed by atoms with Crippen LogP contribution >= 0.6 is 18.3 Å². The molecule has 1 aliphatic heterocycles. The topological polar surface area (TPSA) is 23.5 Å². The number of hydrogen-bond donors (Lipinski definition) is 1. The van der Waals surface area contributed by atoms with Crippen molar-refractivity contribution in [1.82, 2.24) is 0 Å². The van der Waals surface area contributed by atoms with E-state index in [9.17, 15) is 27.1 Å². The van der Waals surface area contributed by atoms with Crippen LogP contribution < -0.4 is 4.90 Å². The Bertz CT molecular complexity index is 934. The second-order valence-electron chi connectivity index (χ2n) is 7.94. The molecule has 0 bridgehead atoms. The first-order chi connectivity index (χ1) is 13.4. The quantitative estimate of drug-likeness (QED) is 0.196. The Morgan fingerprint density at radius 2 is 1.48 bits per heavy atom. The molecule has 158 valence electrons. The Morgan fingerprint density at radius 3 is 1.93 bits per heavy atom. The molecule has 29 heavy (non-hydrogen) atoms. The van der Waals surface area contributed by atoms with Gasteiger partial charge in [-0.1, -0.05) is 0 Å². The second-order valence-corrected chi connectivity index (χ2v) is 26.7. The van der Waals surface area contributed by atoms with Crippen LogP contribution in [0.25, 0.3) is 0 Å². The standard InChI is InChI=1S/C19H20F5NOS.ClH.Tl/c1-5-9-25(18-16(23)14(21)13(20)15(22)17(18)24)10-11-7-6-8-12(19(11)26)27(2,3)4;;/h5-9,26H,10H2,1-4H3;1H;/q;;+1/p-1. The van der Waals surface area contributed by atoms with Crippen molar-refractivity contribution in [2.75, 3.05) is 23.7 Å². The van der Waals surface area contributed by atoms with Gasteiger partial charge in [-0.2, -0.15) is 0 Å². The molecule has 1 heterocycles. The fourth-order valence-electron chi connectivity index (χ4n) is 3.40. The van der Waals surface area contributed by atoms with Crippen LogP contribution in [-0.4, -0.2) is 49.0 Å². The molecule has 1 saturated heterocycles. The molecule has 2 nitrogen and oxygen atoms in total. The van der Waals surface area contributed by atoms with Gasteiger partial charge >= 0.3 is 180 Å². The summed E-state index contributed by atoms with van der Waals surface area (Å²) in [4.78, 5) is 1.86. The van der Waals surface area contributed by atoms with Gasteiger partial charge in [-0.25, -0.2) is 0 Å². The zero-order valence-corrected chi connectivity index (χ0v) is 22.3. The molecule has 10 heteroatoms. The van der Waals surface area contributed by atoms with Gasteiger partial charge in [-0.3, -0.25) is 0 Å². The average molecular weight is 645 g/mol. The summed E-state index contributed by atoms with van der Waals surface area (Å²) in [6, 6.07) is 5.05. The predicted octanol–water partition coefficient (Wildman–Crippen LogP) is 5.69. The molecule has 0 radical (unpaired) electrons. The van der Waals surface area contributed by atoms with Crippen LogP contribution in [0.5, 0.6) is 5.75 Å². The third-order valence-corrected chi connectivity index (χ3v) is 22.3. The number of anilines is 1. The van der Waals surface area contributed by atoms with E-state index in [1.54, 1.807) is 18.2 Å². The van der Waals surface area contributed by atoms with Gasteiger partial charge < -0.3 is 0 Å². The third kappa shape index (κ3) is 4.08. The molecule has 0 amide bonds. The summed E-state index contributed by atoms with van der Waals surface area (Å²) in [5.41, 5.74) is -0.625. The zero-order chi connectivity index (χ0) is 21.8. The van der Waals surface area contributed by atoms with E-state index in [2.05, 4.69) is 0 Å². The number of halogens is 6. The summed E-state index contributed by atoms with van der Waals surface area (Å²) in [7, 11) is 5.07. The first-order valence-electron chi connectivity index (χ1n) is 8.79. The van der Waals surface area contributed by atoms with Crippen molar-refractivity contribution in [3.63, 3.8) is 0 Å². The molecule has 0 aliphatic carbocycles. The van der Waals surface area contributed by atoms with E-state index >= 15 is 0 Å². The van der Waals surface area contributed by atoms with E-state index in [0.717, 1.165) is 4.90 Å². The second kappa shape index (κ2) is 8.07. The van der Waals surface area contributed by atoms with Crippen molar-refractivity contribution >= 4 is 45.5 Å². The van der Waals surface area contributed by atoms with Crippen molar-refractivity contribution < 1.29 is 27.1 Å². The van der Waals surface area contributed by atoms with Gasteiger partial charge in [0.05, 0.1) is 0 Å². The number of phenols is 1. The summed E-state index contributed by atoms with van der Waals surface area (Å²) >= 11 is -2.83. The van der Waals surface area contributed by atoms with Gasteiger partial charge in [0.1, 0.15) is 0 Å². The number of nitrogens with zero attached hydrogens (tertiary/aromatic N) is 1. The van der Waals surface area contributed by atoms with Crippen LogP contribution in [0.15, 0.2) is 23.1 Å². The SMILES string of the molecule is C[CH]1[CH](N(Cc2cccc(S(C)(C)C)c2O)c2c(F)c(F)c(F)c(F)c2F)[Tl]1[Cl]. The van der Waals surface area contributed by atoms with Crippen LogP contribution in [-0.2, 0) is 6.54 Å². The number of aromatic hydroxyl groups is 1. The Labute approximate surface area is 179 Å². The summed E-state index contributed by atoms with van der Waals surface area (Å²) in [5.74, 6) is -9.96. The fourth-order valence-corrected chi connectivity index (χ4v) is 23.2. The summed E-state index contributed by atoms with van der Waals surface area (Å²) < 4.78 is 69.8. The average Bonchev–Trinajstić information content (AvgIpc) is 3.24. The fraction of sp³-hybridized carbons (Fsp3) is 0.368. The number of rotatable bonds is 5. The maximum absolute atomic E-state index is 14.5. The van der Waals surface area contributed by atoms with Gasteiger partial charge in [-0.15, -0.1) is 0 Å². The van der Waals surface area contributed by atoms with Crippen molar-refractivity contribution in [3.8, 4) is 5.75 Å². The van der Waals surface area contributed by atoms with Crippen LogP contribution in [0.3, 0.4) is 0 Å². The summed E-state index contributed by atoms with van der Waals surface area (Å²) in [6.07, 6.45) is 5.92. The van der Waals surface area contributed by atoms with Crippen LogP contribution in [0.2, 0.25) is 3.48 Å². The van der Waals surface area contributed by atoms with E-state index in [0.29, 0.717) is 10.5 Å². The Balaban J connectivity index is 2.14. The minimum atomic E-state index is -2.83. The van der Waals surface area contributed by atoms with Crippen molar-refractivity contribution in [1.29, 1.82) is 0 Å². The van der Waals surface area contributed by atoms with Crippen LogP contribution in [0.4, 0.5) is 27.6 Å². The molecule has 3 rings (SSSR count). The van der Waals surface area contributed by atoms with Gasteiger partial charge in [0.2, 0.25) is 0 Å². The van der Waals surface area contributed by atoms with E-state index in [4.69, 9.17) is 8.32 Å². The number of phenolic OH excluding ortho intramolecular Hbond substituents is 1. The monoisotopic (exact) mass is 645 g/mol. The van der Waals surface area contributed by atoms with E-state index in [-0.39, 0.29) is 15.8 Å². The molecule has 1 fully saturated rings. The third-order valence-electron chi connectivity index (χ3n) is 5.14. The predicted molar refractivity (Wildman–Crippen MR) is 109 cm³/mol. The molecule has 1 aliphatic rings. The Hall–Kier alpha value is -0.748. The van der Waals surface area contributed by atoms with Gasteiger partial charge in [0.15, 0.2) is 0 Å². The summed E-state index contributed by atoms with van der Waals surface area (Å²) in [5, 5.41) is 10.7. The van der Waals surface area contributed by atoms with E-state index in [1.807, 2.05) is 25.7 Å². The minimum absolute atomic E-state index is 0.00907. The zero-order valence-electron chi connectivity index (χ0n) is 16.2. The van der Waals surface area contributed by atoms with Crippen LogP contribution in [0, 0.1) is 29.1 Å². The molecule has 2 aromatic rings. The van der Waals surface area contributed by atoms with E-state index in [1.165, 1.54) is 0 Å². The van der Waals surface area contributed by atoms with Gasteiger partial charge in [-0.05, 0) is 0 Å². The molecule has 0 saturated carbocycles. The molecule has 2 unspecified atom stereocenters. The molecule has 2 aromatic carbocycles. The maximum atomic E-state index is 14.5. The number of para-hydroxylation sites is 1. The molecule has 0 aromatic heterocycles. The molecule has 0 spiro atoms. The van der Waals surface area contributed by atoms with Gasteiger partial charge in [0.25, 0.3) is 0 Å². The van der Waals surface area contributed by atoms with Crippen molar-refractivity contribution in [2.45, 2.75) is 25.4 Å². The van der Waals surface area contributed by atoms with Gasteiger partial charge in [0, 0.05) is 0 Å². The molecular weight excluding hydrogens is 625 g/mol. The molecule has 2 atom stereocenters. The van der Waals surface area contributed by atoms with Crippen molar-refractivity contribution in [3.05, 3.63) is 52.8 Å². The van der Waals surface area contributed by atoms with E-state index < -0.39 is 69.9 Å². The van der Waals surface area contributed by atoms with Crippen molar-refractivity contribution in [2.24, 2.45) is 0 Å². The Morgan fingerprint density at radius 1 is 1.00 bits per heavy atom. The first-order valence-corrected chi connectivity index (χ1v) is 22.4. The normalized spacial score (nSPS) is 19.4.